The van der Waals surface area contributed by atoms with Crippen LogP contribution < -0.4 is 16.0 Å². The van der Waals surface area contributed by atoms with Gasteiger partial charge in [-0.1, -0.05) is 0 Å². The summed E-state index contributed by atoms with van der Waals surface area (Å²) in [6.07, 6.45) is 0. The van der Waals surface area contributed by atoms with Crippen LogP contribution in [0.3, 0.4) is 0 Å². The molecule has 0 saturated heterocycles. The fourth-order valence-corrected chi connectivity index (χ4v) is 1.68. The summed E-state index contributed by atoms with van der Waals surface area (Å²) in [6, 6.07) is 0.169. The van der Waals surface area contributed by atoms with Crippen LogP contribution in [-0.2, 0) is 0 Å². The van der Waals surface area contributed by atoms with Gasteiger partial charge in [-0.2, -0.15) is 15.0 Å². The number of hydrogen-bond acceptors (Lipinski definition) is 9. The van der Waals surface area contributed by atoms with Crippen LogP contribution in [0.1, 0.15) is 5.82 Å². The van der Waals surface area contributed by atoms with Gasteiger partial charge in [0.2, 0.25) is 16.3 Å². The van der Waals surface area contributed by atoms with E-state index in [0.29, 0.717) is 16.1 Å². The smallest absolute Gasteiger partial charge is 0.322 e. The highest BCUT2D eigenvalue weighted by Crippen LogP contribution is 2.22. The number of hydrogen-bond donors (Lipinski definition) is 3. The summed E-state index contributed by atoms with van der Waals surface area (Å²) in [5.41, 5.74) is 2.33. The number of aryl methyl sites for hydroxylation is 1. The Morgan fingerprint density at radius 1 is 1.24 bits per heavy atom. The molecule has 10 heteroatoms. The molecule has 2 heterocycles. The fraction of sp³-hybridized carbons (Fsp3) is 0.286. The summed E-state index contributed by atoms with van der Waals surface area (Å²) >= 11 is 1.18. The van der Waals surface area contributed by atoms with Gasteiger partial charge in [0.15, 0.2) is 0 Å². The SMILES string of the molecule is COc1nc(NN)nc(Sc2n[nH]c(C)n2)n1. The molecule has 0 aliphatic heterocycles. The maximum atomic E-state index is 5.23. The number of nitrogens with one attached hydrogen (secondary N) is 2. The average molecular weight is 254 g/mol. The van der Waals surface area contributed by atoms with Crippen molar-refractivity contribution in [1.29, 1.82) is 0 Å². The summed E-state index contributed by atoms with van der Waals surface area (Å²) in [5, 5.41) is 7.58. The topological polar surface area (TPSA) is 128 Å². The van der Waals surface area contributed by atoms with Gasteiger partial charge in [0.25, 0.3) is 0 Å². The molecule has 0 aliphatic rings. The molecule has 2 aromatic heterocycles. The lowest BCUT2D eigenvalue weighted by molar-refractivity contribution is 0.373. The molecule has 9 nitrogen and oxygen atoms in total. The zero-order valence-corrected chi connectivity index (χ0v) is 9.95. The number of nitrogen functional groups attached to an aromatic ring is 1. The number of anilines is 1. The van der Waals surface area contributed by atoms with E-state index in [-0.39, 0.29) is 12.0 Å². The number of nitrogens with zero attached hydrogens (tertiary/aromatic N) is 5. The molecule has 0 amide bonds. The zero-order chi connectivity index (χ0) is 12.3. The first kappa shape index (κ1) is 11.5. The van der Waals surface area contributed by atoms with Crippen LogP contribution in [0.25, 0.3) is 0 Å². The molecule has 0 spiro atoms. The molecule has 0 bridgehead atoms. The Hall–Kier alpha value is -1.94. The molecule has 0 unspecified atom stereocenters. The Morgan fingerprint density at radius 3 is 2.65 bits per heavy atom. The highest BCUT2D eigenvalue weighted by molar-refractivity contribution is 7.99. The molecule has 2 aromatic rings. The van der Waals surface area contributed by atoms with Crippen LogP contribution in [0.15, 0.2) is 10.3 Å². The number of ether oxygens (including phenoxy) is 1. The summed E-state index contributed by atoms with van der Waals surface area (Å²) in [4.78, 5) is 16.1. The first-order chi connectivity index (χ1) is 8.21. The number of nitrogens with two attached hydrogens (primary N) is 1. The van der Waals surface area contributed by atoms with Gasteiger partial charge in [0.1, 0.15) is 5.82 Å². The Labute approximate surface area is 101 Å². The second-order valence-electron chi connectivity index (χ2n) is 2.88. The van der Waals surface area contributed by atoms with E-state index in [1.807, 2.05) is 0 Å². The second kappa shape index (κ2) is 4.93. The lowest BCUT2D eigenvalue weighted by Crippen LogP contribution is -2.12. The van der Waals surface area contributed by atoms with Gasteiger partial charge in [0, 0.05) is 0 Å². The maximum absolute atomic E-state index is 5.23. The van der Waals surface area contributed by atoms with Crippen molar-refractivity contribution in [3.05, 3.63) is 5.82 Å². The van der Waals surface area contributed by atoms with E-state index in [0.717, 1.165) is 0 Å². The van der Waals surface area contributed by atoms with E-state index in [1.54, 1.807) is 6.92 Å². The molecular weight excluding hydrogens is 244 g/mol. The minimum Gasteiger partial charge on any atom is -0.467 e. The summed E-state index contributed by atoms with van der Waals surface area (Å²) in [6.45, 7) is 1.80. The highest BCUT2D eigenvalue weighted by Gasteiger charge is 2.10. The van der Waals surface area contributed by atoms with Crippen LogP contribution >= 0.6 is 11.8 Å². The third-order valence-corrected chi connectivity index (χ3v) is 2.40. The first-order valence-electron chi connectivity index (χ1n) is 4.55. The Morgan fingerprint density at radius 2 is 2.06 bits per heavy atom. The molecule has 17 heavy (non-hydrogen) atoms. The molecule has 0 aromatic carbocycles. The lowest BCUT2D eigenvalue weighted by atomic mass is 10.8. The molecule has 0 radical (unpaired) electrons. The monoisotopic (exact) mass is 254 g/mol. The normalized spacial score (nSPS) is 10.3. The number of hydrazine groups is 1. The fourth-order valence-electron chi connectivity index (χ4n) is 0.989. The highest BCUT2D eigenvalue weighted by atomic mass is 32.2. The van der Waals surface area contributed by atoms with Crippen molar-refractivity contribution in [2.24, 2.45) is 5.84 Å². The molecule has 0 atom stereocenters. The van der Waals surface area contributed by atoms with Gasteiger partial charge >= 0.3 is 6.01 Å². The van der Waals surface area contributed by atoms with E-state index < -0.39 is 0 Å². The van der Waals surface area contributed by atoms with Crippen LogP contribution in [0.4, 0.5) is 5.95 Å². The minimum atomic E-state index is 0.169. The van der Waals surface area contributed by atoms with Crippen molar-refractivity contribution in [1.82, 2.24) is 30.1 Å². The predicted molar refractivity (Wildman–Crippen MR) is 59.4 cm³/mol. The number of H-pyrrole nitrogens is 1. The van der Waals surface area contributed by atoms with E-state index in [2.05, 4.69) is 35.6 Å². The van der Waals surface area contributed by atoms with Crippen molar-refractivity contribution < 1.29 is 4.74 Å². The van der Waals surface area contributed by atoms with Gasteiger partial charge < -0.3 is 4.74 Å². The standard InChI is InChI=1S/C7H10N8OS/c1-3-9-7(15-14-3)17-6-11-4(13-8)10-5(12-6)16-2/h8H2,1-2H3,(H,9,14,15)(H,10,11,12,13). The average Bonchev–Trinajstić information content (AvgIpc) is 2.74. The second-order valence-corrected chi connectivity index (χ2v) is 3.81. The van der Waals surface area contributed by atoms with Crippen LogP contribution in [-0.4, -0.2) is 37.2 Å². The van der Waals surface area contributed by atoms with Crippen LogP contribution in [0.5, 0.6) is 6.01 Å². The molecule has 0 saturated carbocycles. The van der Waals surface area contributed by atoms with Crippen molar-refractivity contribution in [2.45, 2.75) is 17.2 Å². The quantitative estimate of drug-likeness (QED) is 0.499. The molecule has 0 fully saturated rings. The van der Waals surface area contributed by atoms with Crippen molar-refractivity contribution in [2.75, 3.05) is 12.5 Å². The molecule has 90 valence electrons. The van der Waals surface area contributed by atoms with Crippen molar-refractivity contribution >= 4 is 17.7 Å². The van der Waals surface area contributed by atoms with Gasteiger partial charge in [-0.25, -0.2) is 10.8 Å². The number of rotatable bonds is 4. The third kappa shape index (κ3) is 2.79. The minimum absolute atomic E-state index is 0.169. The number of aromatic amines is 1. The molecule has 0 aliphatic carbocycles. The molecule has 2 rings (SSSR count). The Kier molecular flexibility index (Phi) is 3.35. The first-order valence-corrected chi connectivity index (χ1v) is 5.36. The largest absolute Gasteiger partial charge is 0.467 e. The lowest BCUT2D eigenvalue weighted by Gasteiger charge is -2.03. The summed E-state index contributed by atoms with van der Waals surface area (Å²) in [7, 11) is 1.46. The van der Waals surface area contributed by atoms with Gasteiger partial charge in [-0.05, 0) is 18.7 Å². The summed E-state index contributed by atoms with van der Waals surface area (Å²) in [5.74, 6) is 6.16. The van der Waals surface area contributed by atoms with Crippen molar-refractivity contribution in [3.8, 4) is 6.01 Å². The zero-order valence-electron chi connectivity index (χ0n) is 9.13. The van der Waals surface area contributed by atoms with Gasteiger partial charge in [0.05, 0.1) is 7.11 Å². The Balaban J connectivity index is 2.25. The van der Waals surface area contributed by atoms with Crippen LogP contribution in [0.2, 0.25) is 0 Å². The van der Waals surface area contributed by atoms with Gasteiger partial charge in [-0.15, -0.1) is 5.10 Å². The number of methoxy groups -OCH3 is 1. The van der Waals surface area contributed by atoms with Crippen LogP contribution in [0, 0.1) is 6.92 Å². The van der Waals surface area contributed by atoms with E-state index in [4.69, 9.17) is 10.6 Å². The maximum Gasteiger partial charge on any atom is 0.322 e. The van der Waals surface area contributed by atoms with E-state index >= 15 is 0 Å². The number of aromatic nitrogens is 6. The van der Waals surface area contributed by atoms with Gasteiger partial charge in [-0.3, -0.25) is 10.5 Å². The van der Waals surface area contributed by atoms with E-state index in [1.165, 1.54) is 18.9 Å². The molecular formula is C7H10N8OS. The predicted octanol–water partition coefficient (Wildman–Crippen LogP) is -0.256. The van der Waals surface area contributed by atoms with E-state index in [9.17, 15) is 0 Å². The third-order valence-electron chi connectivity index (χ3n) is 1.67. The van der Waals surface area contributed by atoms with Crippen molar-refractivity contribution in [3.63, 3.8) is 0 Å². The Bertz CT molecular complexity index is 492. The summed E-state index contributed by atoms with van der Waals surface area (Å²) < 4.78 is 4.92. The molecule has 4 N–H and O–H groups in total.